The molecule has 0 saturated carbocycles. The number of para-hydroxylation sites is 1. The molecule has 9 heteroatoms. The summed E-state index contributed by atoms with van der Waals surface area (Å²) in [4.78, 5) is 38.5. The molecule has 0 fully saturated rings. The maximum absolute atomic E-state index is 13.2. The van der Waals surface area contributed by atoms with E-state index in [4.69, 9.17) is 13.0 Å². The zero-order valence-electron chi connectivity index (χ0n) is 23.0. The highest BCUT2D eigenvalue weighted by Gasteiger charge is 2.19. The van der Waals surface area contributed by atoms with Crippen molar-refractivity contribution >= 4 is 29.1 Å². The Labute approximate surface area is 188 Å². The van der Waals surface area contributed by atoms with Crippen molar-refractivity contribution in [2.75, 3.05) is 24.7 Å². The SMILES string of the molecule is [2H]C([2H])([2H])NC(=O)c1cnc(Nc2cc(C)nc(C)n2)cc1NC(=O)c1cccc(C([2H])([2H])[2H])c1OC. The van der Waals surface area contributed by atoms with Crippen LogP contribution in [0.4, 0.5) is 17.3 Å². The van der Waals surface area contributed by atoms with Gasteiger partial charge < -0.3 is 20.7 Å². The van der Waals surface area contributed by atoms with E-state index < -0.39 is 25.6 Å². The molecular weight excluding hydrogens is 396 g/mol. The average Bonchev–Trinajstić information content (AvgIpc) is 2.76. The van der Waals surface area contributed by atoms with Crippen molar-refractivity contribution in [3.05, 3.63) is 64.7 Å². The number of methoxy groups -OCH3 is 1. The van der Waals surface area contributed by atoms with Crippen LogP contribution >= 0.6 is 0 Å². The molecule has 3 aromatic rings. The number of hydrogen-bond acceptors (Lipinski definition) is 7. The van der Waals surface area contributed by atoms with E-state index >= 15 is 0 Å². The highest BCUT2D eigenvalue weighted by atomic mass is 16.5. The van der Waals surface area contributed by atoms with Gasteiger partial charge in [0, 0.05) is 39.2 Å². The molecular formula is C22H24N6O3. The van der Waals surface area contributed by atoms with Crippen LogP contribution in [-0.4, -0.2) is 40.9 Å². The van der Waals surface area contributed by atoms with E-state index in [1.54, 1.807) is 19.9 Å². The smallest absolute Gasteiger partial charge is 0.259 e. The molecule has 0 aliphatic carbocycles. The van der Waals surface area contributed by atoms with Crippen LogP contribution in [0.15, 0.2) is 36.5 Å². The number of amides is 2. The molecule has 2 amide bonds. The Kier molecular flexibility index (Phi) is 4.42. The first-order valence-corrected chi connectivity index (χ1v) is 9.08. The van der Waals surface area contributed by atoms with E-state index in [0.717, 1.165) is 6.20 Å². The summed E-state index contributed by atoms with van der Waals surface area (Å²) in [5, 5.41) is 7.34. The van der Waals surface area contributed by atoms with Crippen LogP contribution in [0.1, 0.15) is 46.0 Å². The average molecular weight is 427 g/mol. The number of ether oxygens (including phenoxy) is 1. The van der Waals surface area contributed by atoms with Gasteiger partial charge in [-0.15, -0.1) is 0 Å². The van der Waals surface area contributed by atoms with Crippen LogP contribution in [0.5, 0.6) is 5.75 Å². The van der Waals surface area contributed by atoms with Crippen LogP contribution in [0.25, 0.3) is 0 Å². The highest BCUT2D eigenvalue weighted by Crippen LogP contribution is 2.26. The summed E-state index contributed by atoms with van der Waals surface area (Å²) in [5.41, 5.74) is 0.0869. The van der Waals surface area contributed by atoms with Crippen LogP contribution in [0, 0.1) is 20.7 Å². The molecule has 3 N–H and O–H groups in total. The molecule has 0 atom stereocenters. The zero-order valence-corrected chi connectivity index (χ0v) is 17.0. The summed E-state index contributed by atoms with van der Waals surface area (Å²) >= 11 is 0. The molecule has 2 aromatic heterocycles. The van der Waals surface area contributed by atoms with Crippen LogP contribution < -0.4 is 20.7 Å². The van der Waals surface area contributed by atoms with Gasteiger partial charge in [-0.1, -0.05) is 12.1 Å². The van der Waals surface area contributed by atoms with Gasteiger partial charge >= 0.3 is 0 Å². The predicted octanol–water partition coefficient (Wildman–Crippen LogP) is 3.16. The lowest BCUT2D eigenvalue weighted by Gasteiger charge is -2.15. The number of anilines is 3. The molecule has 2 heterocycles. The number of nitrogens with one attached hydrogen (secondary N) is 3. The molecule has 0 spiro atoms. The van der Waals surface area contributed by atoms with E-state index in [0.29, 0.717) is 17.3 Å². The van der Waals surface area contributed by atoms with Gasteiger partial charge in [-0.2, -0.15) is 0 Å². The standard InChI is InChI=1S/C22H24N6O3/c1-12-7-6-8-15(20(12)31-5)22(30)27-17-10-18(24-11-16(17)21(29)23-4)28-19-9-13(2)25-14(3)26-19/h6-11H,1-5H3,(H,23,29)(H2,24,25,26,27,28,30)/i1D3,4D3. The minimum Gasteiger partial charge on any atom is -0.496 e. The van der Waals surface area contributed by atoms with Gasteiger partial charge in [-0.05, 0) is 32.3 Å². The molecule has 0 saturated heterocycles. The lowest BCUT2D eigenvalue weighted by molar-refractivity contribution is 0.0963. The van der Waals surface area contributed by atoms with Gasteiger partial charge in [0.25, 0.3) is 11.8 Å². The van der Waals surface area contributed by atoms with E-state index in [1.807, 2.05) is 5.32 Å². The summed E-state index contributed by atoms with van der Waals surface area (Å²) in [7, 11) is 1.23. The molecule has 0 radical (unpaired) electrons. The summed E-state index contributed by atoms with van der Waals surface area (Å²) in [5.74, 6) is -0.871. The van der Waals surface area contributed by atoms with E-state index in [9.17, 15) is 9.59 Å². The van der Waals surface area contributed by atoms with Crippen molar-refractivity contribution in [2.24, 2.45) is 0 Å². The maximum atomic E-state index is 13.2. The van der Waals surface area contributed by atoms with Crippen molar-refractivity contribution < 1.29 is 22.6 Å². The van der Waals surface area contributed by atoms with Crippen molar-refractivity contribution in [2.45, 2.75) is 20.7 Å². The predicted molar refractivity (Wildman–Crippen MR) is 118 cm³/mol. The Morgan fingerprint density at radius 2 is 1.90 bits per heavy atom. The fourth-order valence-electron chi connectivity index (χ4n) is 2.91. The minimum absolute atomic E-state index is 0.0897. The van der Waals surface area contributed by atoms with Gasteiger partial charge in [-0.25, -0.2) is 15.0 Å². The fraction of sp³-hybridized carbons (Fsp3) is 0.227. The topological polar surface area (TPSA) is 118 Å². The third-order valence-electron chi connectivity index (χ3n) is 4.20. The molecule has 0 aliphatic heterocycles. The Morgan fingerprint density at radius 1 is 1.06 bits per heavy atom. The normalized spacial score (nSPS) is 14.0. The second-order valence-corrected chi connectivity index (χ2v) is 6.48. The van der Waals surface area contributed by atoms with Gasteiger partial charge in [0.2, 0.25) is 0 Å². The Balaban J connectivity index is 2.04. The molecule has 31 heavy (non-hydrogen) atoms. The van der Waals surface area contributed by atoms with Crippen molar-refractivity contribution in [1.82, 2.24) is 20.3 Å². The second-order valence-electron chi connectivity index (χ2n) is 6.48. The fourth-order valence-corrected chi connectivity index (χ4v) is 2.91. The first-order chi connectivity index (χ1) is 17.2. The Morgan fingerprint density at radius 3 is 2.61 bits per heavy atom. The minimum atomic E-state index is -2.79. The van der Waals surface area contributed by atoms with Gasteiger partial charge in [0.1, 0.15) is 23.2 Å². The summed E-state index contributed by atoms with van der Waals surface area (Å²) in [6.45, 7) is -1.85. The van der Waals surface area contributed by atoms with E-state index in [1.165, 1.54) is 31.4 Å². The zero-order chi connectivity index (χ0) is 27.5. The molecule has 0 unspecified atom stereocenters. The first kappa shape index (κ1) is 14.9. The van der Waals surface area contributed by atoms with Crippen LogP contribution in [0.3, 0.4) is 0 Å². The third kappa shape index (κ3) is 4.95. The van der Waals surface area contributed by atoms with E-state index in [2.05, 4.69) is 25.6 Å². The third-order valence-corrected chi connectivity index (χ3v) is 4.20. The largest absolute Gasteiger partial charge is 0.496 e. The molecule has 1 aromatic carbocycles. The number of rotatable bonds is 6. The molecule has 160 valence electrons. The van der Waals surface area contributed by atoms with Crippen LogP contribution in [0.2, 0.25) is 0 Å². The first-order valence-electron chi connectivity index (χ1n) is 12.1. The van der Waals surface area contributed by atoms with Gasteiger partial charge in [0.05, 0.1) is 23.9 Å². The lowest BCUT2D eigenvalue weighted by Crippen LogP contribution is -2.22. The number of aromatic nitrogens is 3. The number of carbonyl (C=O) groups is 2. The number of aryl methyl sites for hydroxylation is 3. The van der Waals surface area contributed by atoms with E-state index in [-0.39, 0.29) is 33.9 Å². The number of pyridine rings is 1. The second kappa shape index (κ2) is 9.21. The quantitative estimate of drug-likeness (QED) is 0.554. The monoisotopic (exact) mass is 426 g/mol. The van der Waals surface area contributed by atoms with Crippen molar-refractivity contribution in [3.63, 3.8) is 0 Å². The summed E-state index contributed by atoms with van der Waals surface area (Å²) in [6, 6.07) is 7.05. The Bertz CT molecular complexity index is 1320. The molecule has 0 aliphatic rings. The number of carbonyl (C=O) groups excluding carboxylic acids is 2. The number of hydrogen-bond donors (Lipinski definition) is 3. The summed E-state index contributed by atoms with van der Waals surface area (Å²) < 4.78 is 50.3. The summed E-state index contributed by atoms with van der Waals surface area (Å²) in [6.07, 6.45) is 1.09. The lowest BCUT2D eigenvalue weighted by atomic mass is 10.1. The van der Waals surface area contributed by atoms with Crippen LogP contribution in [-0.2, 0) is 0 Å². The van der Waals surface area contributed by atoms with Crippen molar-refractivity contribution in [3.8, 4) is 5.75 Å². The number of benzene rings is 1. The number of nitrogens with zero attached hydrogens (tertiary/aromatic N) is 3. The molecule has 9 nitrogen and oxygen atoms in total. The maximum Gasteiger partial charge on any atom is 0.259 e. The highest BCUT2D eigenvalue weighted by molar-refractivity contribution is 6.10. The Hall–Kier alpha value is -4.01. The van der Waals surface area contributed by atoms with Gasteiger partial charge in [-0.3, -0.25) is 9.59 Å². The van der Waals surface area contributed by atoms with Crippen molar-refractivity contribution in [1.29, 1.82) is 0 Å². The van der Waals surface area contributed by atoms with Gasteiger partial charge in [0.15, 0.2) is 0 Å². The molecule has 3 rings (SSSR count). The molecule has 0 bridgehead atoms.